The zero-order valence-electron chi connectivity index (χ0n) is 17.5. The summed E-state index contributed by atoms with van der Waals surface area (Å²) in [5, 5.41) is 1.09. The molecular weight excluding hydrogens is 390 g/mol. The zero-order chi connectivity index (χ0) is 21.5. The fraction of sp³-hybridized carbons (Fsp3) is 0.280. The minimum absolute atomic E-state index is 0.0330. The van der Waals surface area contributed by atoms with Crippen LogP contribution in [0.1, 0.15) is 29.8 Å². The Balaban J connectivity index is 1.73. The first-order valence-electron chi connectivity index (χ1n) is 10.7. The van der Waals surface area contributed by atoms with Crippen LogP contribution < -0.4 is 4.74 Å². The number of nitrogens with zero attached hydrogens (tertiary/aromatic N) is 2. The van der Waals surface area contributed by atoms with Crippen molar-refractivity contribution in [3.63, 3.8) is 0 Å². The highest BCUT2D eigenvalue weighted by Gasteiger charge is 2.48. The lowest BCUT2D eigenvalue weighted by Gasteiger charge is -2.47. The number of carbonyl (C=O) groups excluding carboxylic acids is 2. The molecule has 1 aromatic heterocycles. The number of para-hydroxylation sites is 2. The van der Waals surface area contributed by atoms with E-state index >= 15 is 0 Å². The SMILES string of the molecule is C=CCN1CC(=O)N2C(Cc3c([nH]c4ccccc34)C2c2ccccc2OCC)C1=O. The van der Waals surface area contributed by atoms with Gasteiger partial charge in [-0.05, 0) is 24.6 Å². The maximum atomic E-state index is 13.4. The minimum Gasteiger partial charge on any atom is -0.494 e. The molecule has 2 aliphatic rings. The normalized spacial score (nSPS) is 20.5. The fourth-order valence-corrected chi connectivity index (χ4v) is 4.95. The number of benzene rings is 2. The van der Waals surface area contributed by atoms with Crippen molar-refractivity contribution < 1.29 is 14.3 Å². The van der Waals surface area contributed by atoms with E-state index in [0.29, 0.717) is 19.6 Å². The van der Waals surface area contributed by atoms with Crippen molar-refractivity contribution in [2.24, 2.45) is 0 Å². The predicted molar refractivity (Wildman–Crippen MR) is 119 cm³/mol. The number of hydrogen-bond acceptors (Lipinski definition) is 3. The number of nitrogens with one attached hydrogen (secondary N) is 1. The van der Waals surface area contributed by atoms with Crippen molar-refractivity contribution in [1.82, 2.24) is 14.8 Å². The lowest BCUT2D eigenvalue weighted by atomic mass is 9.86. The monoisotopic (exact) mass is 415 g/mol. The van der Waals surface area contributed by atoms with Crippen molar-refractivity contribution in [2.75, 3.05) is 19.7 Å². The molecule has 158 valence electrons. The molecule has 2 aromatic carbocycles. The molecule has 2 unspecified atom stereocenters. The molecule has 3 aromatic rings. The molecule has 1 N–H and O–H groups in total. The van der Waals surface area contributed by atoms with E-state index in [-0.39, 0.29) is 18.4 Å². The third kappa shape index (κ3) is 3.02. The third-order valence-corrected chi connectivity index (χ3v) is 6.21. The van der Waals surface area contributed by atoms with Gasteiger partial charge in [0.1, 0.15) is 24.4 Å². The number of rotatable bonds is 5. The molecule has 3 heterocycles. The second-order valence-corrected chi connectivity index (χ2v) is 7.96. The van der Waals surface area contributed by atoms with E-state index in [1.807, 2.05) is 49.4 Å². The topological polar surface area (TPSA) is 65.6 Å². The van der Waals surface area contributed by atoms with Gasteiger partial charge in [-0.3, -0.25) is 9.59 Å². The molecule has 0 spiro atoms. The van der Waals surface area contributed by atoms with Crippen LogP contribution in [-0.2, 0) is 16.0 Å². The minimum atomic E-state index is -0.549. The number of carbonyl (C=O) groups is 2. The van der Waals surface area contributed by atoms with Crippen LogP contribution in [0.3, 0.4) is 0 Å². The first-order chi connectivity index (χ1) is 15.1. The zero-order valence-corrected chi connectivity index (χ0v) is 17.5. The molecule has 1 fully saturated rings. The largest absolute Gasteiger partial charge is 0.494 e. The Morgan fingerprint density at radius 2 is 1.94 bits per heavy atom. The molecule has 0 saturated carbocycles. The van der Waals surface area contributed by atoms with Gasteiger partial charge in [-0.1, -0.05) is 42.5 Å². The predicted octanol–water partition coefficient (Wildman–Crippen LogP) is 3.44. The molecular formula is C25H25N3O3. The maximum absolute atomic E-state index is 13.4. The number of aromatic nitrogens is 1. The van der Waals surface area contributed by atoms with Gasteiger partial charge in [-0.2, -0.15) is 0 Å². The van der Waals surface area contributed by atoms with E-state index < -0.39 is 12.1 Å². The second-order valence-electron chi connectivity index (χ2n) is 7.96. The van der Waals surface area contributed by atoms with Crippen molar-refractivity contribution in [3.05, 3.63) is 78.0 Å². The van der Waals surface area contributed by atoms with Crippen LogP contribution in [0.4, 0.5) is 0 Å². The van der Waals surface area contributed by atoms with E-state index in [1.54, 1.807) is 15.9 Å². The van der Waals surface area contributed by atoms with E-state index in [4.69, 9.17) is 4.74 Å². The van der Waals surface area contributed by atoms with Crippen molar-refractivity contribution in [2.45, 2.75) is 25.4 Å². The fourth-order valence-electron chi connectivity index (χ4n) is 4.95. The van der Waals surface area contributed by atoms with Gasteiger partial charge in [-0.25, -0.2) is 0 Å². The third-order valence-electron chi connectivity index (χ3n) is 6.21. The van der Waals surface area contributed by atoms with Gasteiger partial charge in [0.15, 0.2) is 0 Å². The quantitative estimate of drug-likeness (QED) is 0.650. The lowest BCUT2D eigenvalue weighted by Crippen LogP contribution is -2.63. The summed E-state index contributed by atoms with van der Waals surface area (Å²) in [6.45, 7) is 6.63. The summed E-state index contributed by atoms with van der Waals surface area (Å²) in [5.41, 5.74) is 3.95. The van der Waals surface area contributed by atoms with Crippen molar-refractivity contribution in [1.29, 1.82) is 0 Å². The summed E-state index contributed by atoms with van der Waals surface area (Å²) in [5.74, 6) is 0.635. The Kier molecular flexibility index (Phi) is 4.77. The van der Waals surface area contributed by atoms with Gasteiger partial charge >= 0.3 is 0 Å². The number of aromatic amines is 1. The Bertz CT molecular complexity index is 1180. The summed E-state index contributed by atoms with van der Waals surface area (Å²) in [4.78, 5) is 33.7. The van der Waals surface area contributed by atoms with E-state index in [9.17, 15) is 9.59 Å². The number of fused-ring (bicyclic) bond motifs is 4. The molecule has 31 heavy (non-hydrogen) atoms. The van der Waals surface area contributed by atoms with Crippen LogP contribution in [0.25, 0.3) is 10.9 Å². The Morgan fingerprint density at radius 3 is 2.74 bits per heavy atom. The highest BCUT2D eigenvalue weighted by molar-refractivity contribution is 5.97. The molecule has 0 aliphatic carbocycles. The number of hydrogen-bond donors (Lipinski definition) is 1. The van der Waals surface area contributed by atoms with Crippen LogP contribution in [0.2, 0.25) is 0 Å². The van der Waals surface area contributed by atoms with Gasteiger partial charge in [0, 0.05) is 35.1 Å². The van der Waals surface area contributed by atoms with Crippen LogP contribution in [0, 0.1) is 0 Å². The summed E-state index contributed by atoms with van der Waals surface area (Å²) in [6.07, 6.45) is 2.16. The maximum Gasteiger partial charge on any atom is 0.246 e. The van der Waals surface area contributed by atoms with Crippen LogP contribution in [0.15, 0.2) is 61.2 Å². The Morgan fingerprint density at radius 1 is 1.16 bits per heavy atom. The second kappa shape index (κ2) is 7.61. The first-order valence-corrected chi connectivity index (χ1v) is 10.7. The highest BCUT2D eigenvalue weighted by Crippen LogP contribution is 2.44. The van der Waals surface area contributed by atoms with Crippen LogP contribution in [0.5, 0.6) is 5.75 Å². The first kappa shape index (κ1) is 19.4. The molecule has 1 saturated heterocycles. The summed E-state index contributed by atoms with van der Waals surface area (Å²) < 4.78 is 5.92. The molecule has 6 nitrogen and oxygen atoms in total. The van der Waals surface area contributed by atoms with E-state index in [2.05, 4.69) is 17.6 Å². The lowest BCUT2D eigenvalue weighted by molar-refractivity contribution is -0.158. The van der Waals surface area contributed by atoms with Crippen molar-refractivity contribution >= 4 is 22.7 Å². The number of amides is 2. The average molecular weight is 415 g/mol. The Hall–Kier alpha value is -3.54. The smallest absolute Gasteiger partial charge is 0.246 e. The van der Waals surface area contributed by atoms with Gasteiger partial charge in [-0.15, -0.1) is 6.58 Å². The molecule has 0 radical (unpaired) electrons. The van der Waals surface area contributed by atoms with Crippen LogP contribution in [-0.4, -0.2) is 52.3 Å². The molecule has 6 heteroatoms. The number of ether oxygens (including phenoxy) is 1. The van der Waals surface area contributed by atoms with Gasteiger partial charge in [0.05, 0.1) is 6.61 Å². The molecule has 2 amide bonds. The average Bonchev–Trinajstić information content (AvgIpc) is 3.15. The summed E-state index contributed by atoms with van der Waals surface area (Å²) in [6, 6.07) is 14.9. The highest BCUT2D eigenvalue weighted by atomic mass is 16.5. The molecule has 2 atom stereocenters. The van der Waals surface area contributed by atoms with Crippen LogP contribution >= 0.6 is 0 Å². The van der Waals surface area contributed by atoms with Gasteiger partial charge in [0.25, 0.3) is 0 Å². The van der Waals surface area contributed by atoms with E-state index in [0.717, 1.165) is 33.5 Å². The van der Waals surface area contributed by atoms with E-state index in [1.165, 1.54) is 0 Å². The van der Waals surface area contributed by atoms with Gasteiger partial charge in [0.2, 0.25) is 11.8 Å². The van der Waals surface area contributed by atoms with Gasteiger partial charge < -0.3 is 19.5 Å². The summed E-state index contributed by atoms with van der Waals surface area (Å²) in [7, 11) is 0. The Labute approximate surface area is 181 Å². The molecule has 0 bridgehead atoms. The standard InChI is InChI=1S/C25H25N3O3/c1-3-13-27-15-22(29)28-20(25(27)30)14-18-16-9-5-7-11-19(16)26-23(18)24(28)17-10-6-8-12-21(17)31-4-2/h3,5-12,20,24,26H,1,4,13-15H2,2H3. The molecule has 5 rings (SSSR count). The number of H-pyrrole nitrogens is 1. The number of piperazine rings is 1. The molecule has 2 aliphatic heterocycles. The summed E-state index contributed by atoms with van der Waals surface area (Å²) >= 11 is 0. The van der Waals surface area contributed by atoms with Crippen molar-refractivity contribution in [3.8, 4) is 5.75 Å².